The van der Waals surface area contributed by atoms with Crippen LogP contribution in [0.5, 0.6) is 0 Å². The van der Waals surface area contributed by atoms with Crippen molar-refractivity contribution in [3.8, 4) is 0 Å². The van der Waals surface area contributed by atoms with Crippen molar-refractivity contribution < 1.29 is 9.47 Å². The molecule has 2 heterocycles. The van der Waals surface area contributed by atoms with Crippen LogP contribution in [-0.4, -0.2) is 87.6 Å². The minimum absolute atomic E-state index is 0.452. The van der Waals surface area contributed by atoms with Gasteiger partial charge in [0.2, 0.25) is 0 Å². The quantitative estimate of drug-likeness (QED) is 0.342. The number of hydrogen-bond acceptors (Lipinski definition) is 6. The summed E-state index contributed by atoms with van der Waals surface area (Å²) in [4.78, 5) is 5.07. The van der Waals surface area contributed by atoms with Gasteiger partial charge in [0, 0.05) is 38.5 Å². The van der Waals surface area contributed by atoms with E-state index in [1.807, 2.05) is 0 Å². The van der Waals surface area contributed by atoms with Crippen molar-refractivity contribution in [1.82, 2.24) is 9.80 Å². The summed E-state index contributed by atoms with van der Waals surface area (Å²) in [6.07, 6.45) is 14.5. The highest BCUT2D eigenvalue weighted by molar-refractivity contribution is 4.74. The number of hydrogen-bond donors (Lipinski definition) is 2. The fourth-order valence-electron chi connectivity index (χ4n) is 4.13. The van der Waals surface area contributed by atoms with E-state index in [1.54, 1.807) is 0 Å². The molecule has 6 nitrogen and oxygen atoms in total. The predicted octanol–water partition coefficient (Wildman–Crippen LogP) is 4.01. The van der Waals surface area contributed by atoms with Gasteiger partial charge in [0.1, 0.15) is 0 Å². The van der Waals surface area contributed by atoms with Crippen LogP contribution < -0.4 is 11.5 Å². The zero-order chi connectivity index (χ0) is 23.3. The molecule has 0 unspecified atom stereocenters. The molecule has 2 fully saturated rings. The number of likely N-dealkylation sites (tertiary alicyclic amines) is 2. The Bertz CT molecular complexity index is 348. The lowest BCUT2D eigenvalue weighted by Crippen LogP contribution is -2.40. The number of unbranched alkanes of at least 4 members (excludes halogenated alkanes) is 4. The Morgan fingerprint density at radius 3 is 1.25 bits per heavy atom. The van der Waals surface area contributed by atoms with Gasteiger partial charge in [-0.3, -0.25) is 0 Å². The van der Waals surface area contributed by atoms with Crippen molar-refractivity contribution >= 4 is 0 Å². The van der Waals surface area contributed by atoms with E-state index in [9.17, 15) is 0 Å². The normalized spacial score (nSPS) is 19.1. The first-order valence-electron chi connectivity index (χ1n) is 13.8. The van der Waals surface area contributed by atoms with Crippen molar-refractivity contribution in [2.45, 2.75) is 103 Å². The lowest BCUT2D eigenvalue weighted by atomic mass is 10.1. The smallest absolute Gasteiger partial charge is 0.0466 e. The van der Waals surface area contributed by atoms with E-state index < -0.39 is 0 Å². The number of ether oxygens (including phenoxy) is 2. The molecule has 0 spiro atoms. The molecule has 4 N–H and O–H groups in total. The van der Waals surface area contributed by atoms with E-state index in [1.165, 1.54) is 116 Å². The Kier molecular flexibility index (Phi) is 19.8. The zero-order valence-corrected chi connectivity index (χ0v) is 21.6. The summed E-state index contributed by atoms with van der Waals surface area (Å²) in [5.41, 5.74) is 11.7. The number of rotatable bonds is 16. The summed E-state index contributed by atoms with van der Waals surface area (Å²) in [6.45, 7) is 15.4. The highest BCUT2D eigenvalue weighted by Crippen LogP contribution is 2.10. The van der Waals surface area contributed by atoms with Gasteiger partial charge in [0.25, 0.3) is 0 Å². The second-order valence-corrected chi connectivity index (χ2v) is 9.70. The largest absolute Gasteiger partial charge is 0.381 e. The van der Waals surface area contributed by atoms with E-state index in [0.29, 0.717) is 12.1 Å². The van der Waals surface area contributed by atoms with E-state index in [2.05, 4.69) is 23.6 Å². The lowest BCUT2D eigenvalue weighted by molar-refractivity contribution is 0.122. The summed E-state index contributed by atoms with van der Waals surface area (Å²) in [5.74, 6) is 0. The average molecular weight is 457 g/mol. The highest BCUT2D eigenvalue weighted by Gasteiger charge is 2.15. The van der Waals surface area contributed by atoms with Crippen molar-refractivity contribution in [2.75, 3.05) is 65.7 Å². The monoisotopic (exact) mass is 456 g/mol. The highest BCUT2D eigenvalue weighted by atomic mass is 16.5. The van der Waals surface area contributed by atoms with Crippen LogP contribution in [0.2, 0.25) is 0 Å². The molecule has 0 atom stereocenters. The zero-order valence-electron chi connectivity index (χ0n) is 21.6. The molecule has 0 aromatic carbocycles. The first-order chi connectivity index (χ1) is 15.7. The summed E-state index contributed by atoms with van der Waals surface area (Å²) in [6, 6.07) is 0.905. The molecule has 0 radical (unpaired) electrons. The molecule has 32 heavy (non-hydrogen) atoms. The third-order valence-electron chi connectivity index (χ3n) is 6.57. The van der Waals surface area contributed by atoms with Crippen molar-refractivity contribution in [1.29, 1.82) is 0 Å². The molecule has 0 aromatic heterocycles. The van der Waals surface area contributed by atoms with E-state index in [0.717, 1.165) is 26.4 Å². The van der Waals surface area contributed by atoms with Gasteiger partial charge in [-0.05, 0) is 103 Å². The molecule has 2 saturated heterocycles. The molecule has 0 bridgehead atoms. The van der Waals surface area contributed by atoms with Crippen LogP contribution in [0.3, 0.4) is 0 Å². The van der Waals surface area contributed by atoms with Gasteiger partial charge >= 0.3 is 0 Å². The SMILES string of the molecule is CCCCOCCCCN1CCC(N)CC1.CCCCOCCCCN1CCC(N)CC1. The van der Waals surface area contributed by atoms with E-state index in [-0.39, 0.29) is 0 Å². The van der Waals surface area contributed by atoms with E-state index in [4.69, 9.17) is 20.9 Å². The van der Waals surface area contributed by atoms with Crippen LogP contribution in [-0.2, 0) is 9.47 Å². The van der Waals surface area contributed by atoms with Gasteiger partial charge < -0.3 is 30.7 Å². The molecule has 2 rings (SSSR count). The first kappa shape index (κ1) is 29.8. The average Bonchev–Trinajstić information content (AvgIpc) is 2.81. The molecule has 2 aliphatic heterocycles. The minimum atomic E-state index is 0.452. The first-order valence-corrected chi connectivity index (χ1v) is 13.8. The Balaban J connectivity index is 0.000000320. The second kappa shape index (κ2) is 21.3. The third-order valence-corrected chi connectivity index (χ3v) is 6.57. The maximum atomic E-state index is 5.87. The Morgan fingerprint density at radius 2 is 0.906 bits per heavy atom. The number of piperidine rings is 2. The molecule has 0 saturated carbocycles. The Morgan fingerprint density at radius 1 is 0.562 bits per heavy atom. The van der Waals surface area contributed by atoms with Crippen LogP contribution >= 0.6 is 0 Å². The van der Waals surface area contributed by atoms with Gasteiger partial charge in [-0.25, -0.2) is 0 Å². The molecule has 0 aromatic rings. The molecule has 192 valence electrons. The molecule has 0 amide bonds. The molecular weight excluding hydrogens is 400 g/mol. The lowest BCUT2D eigenvalue weighted by Gasteiger charge is -2.29. The standard InChI is InChI=1S/2C13H28N2O/c2*1-2-3-11-16-12-5-4-8-15-9-6-13(14)7-10-15/h2*13H,2-12,14H2,1H3. The van der Waals surface area contributed by atoms with Gasteiger partial charge in [0.05, 0.1) is 0 Å². The summed E-state index contributed by atoms with van der Waals surface area (Å²) >= 11 is 0. The molecule has 6 heteroatoms. The van der Waals surface area contributed by atoms with Gasteiger partial charge in [-0.2, -0.15) is 0 Å². The minimum Gasteiger partial charge on any atom is -0.381 e. The fraction of sp³-hybridized carbons (Fsp3) is 1.00. The summed E-state index contributed by atoms with van der Waals surface area (Å²) < 4.78 is 11.1. The Labute approximate surface area is 199 Å². The molecular formula is C26H56N4O2. The molecule has 2 aliphatic rings. The van der Waals surface area contributed by atoms with Crippen LogP contribution in [0.25, 0.3) is 0 Å². The number of nitrogens with two attached hydrogens (primary N) is 2. The topological polar surface area (TPSA) is 77.0 Å². The van der Waals surface area contributed by atoms with Crippen molar-refractivity contribution in [3.63, 3.8) is 0 Å². The maximum absolute atomic E-state index is 5.87. The van der Waals surface area contributed by atoms with Crippen LogP contribution in [0.15, 0.2) is 0 Å². The fourth-order valence-corrected chi connectivity index (χ4v) is 4.13. The predicted molar refractivity (Wildman–Crippen MR) is 137 cm³/mol. The summed E-state index contributed by atoms with van der Waals surface area (Å²) in [7, 11) is 0. The van der Waals surface area contributed by atoms with E-state index >= 15 is 0 Å². The third kappa shape index (κ3) is 17.3. The summed E-state index contributed by atoms with van der Waals surface area (Å²) in [5, 5.41) is 0. The van der Waals surface area contributed by atoms with Crippen molar-refractivity contribution in [2.24, 2.45) is 11.5 Å². The molecule has 0 aliphatic carbocycles. The van der Waals surface area contributed by atoms with Crippen molar-refractivity contribution in [3.05, 3.63) is 0 Å². The second-order valence-electron chi connectivity index (χ2n) is 9.70. The van der Waals surface area contributed by atoms with Gasteiger partial charge in [-0.15, -0.1) is 0 Å². The van der Waals surface area contributed by atoms with Gasteiger partial charge in [0.15, 0.2) is 0 Å². The van der Waals surface area contributed by atoms with Crippen LogP contribution in [0.1, 0.15) is 90.9 Å². The van der Waals surface area contributed by atoms with Crippen LogP contribution in [0.4, 0.5) is 0 Å². The van der Waals surface area contributed by atoms with Crippen LogP contribution in [0, 0.1) is 0 Å². The number of nitrogens with zero attached hydrogens (tertiary/aromatic N) is 2. The maximum Gasteiger partial charge on any atom is 0.0466 e. The van der Waals surface area contributed by atoms with Gasteiger partial charge in [-0.1, -0.05) is 26.7 Å². The Hall–Kier alpha value is -0.240.